The zero-order valence-electron chi connectivity index (χ0n) is 16.1. The van der Waals surface area contributed by atoms with E-state index in [-0.39, 0.29) is 11.7 Å². The Bertz CT molecular complexity index is 1140. The number of carbonyl (C=O) groups excluding carboxylic acids is 1. The molecule has 1 amide bonds. The fourth-order valence-electron chi connectivity index (χ4n) is 2.96. The van der Waals surface area contributed by atoms with Crippen LogP contribution in [-0.4, -0.2) is 33.7 Å². The second-order valence-electron chi connectivity index (χ2n) is 6.67. The smallest absolute Gasteiger partial charge is 0.448 e. The quantitative estimate of drug-likeness (QED) is 0.355. The van der Waals surface area contributed by atoms with Gasteiger partial charge in [0.25, 0.3) is 5.91 Å². The molecule has 5 N–H and O–H groups in total. The molecule has 4 rings (SSSR count). The van der Waals surface area contributed by atoms with Crippen molar-refractivity contribution < 1.29 is 27.5 Å². The van der Waals surface area contributed by atoms with Crippen LogP contribution in [0.2, 0.25) is 0 Å². The molecule has 2 aromatic heterocycles. The number of aliphatic hydroxyl groups is 1. The van der Waals surface area contributed by atoms with Gasteiger partial charge in [-0.2, -0.15) is 13.2 Å². The van der Waals surface area contributed by atoms with Crippen molar-refractivity contribution in [3.63, 3.8) is 0 Å². The van der Waals surface area contributed by atoms with Gasteiger partial charge in [0.1, 0.15) is 11.6 Å². The Labute approximate surface area is 174 Å². The Morgan fingerprint density at radius 2 is 1.84 bits per heavy atom. The van der Waals surface area contributed by atoms with Crippen LogP contribution < -0.4 is 11.1 Å². The summed E-state index contributed by atoms with van der Waals surface area (Å²) in [6.07, 6.45) is -3.89. The minimum atomic E-state index is -4.64. The molecule has 0 fully saturated rings. The second kappa shape index (κ2) is 8.50. The largest absolute Gasteiger partial charge is 0.505 e. The number of hydrogen-bond acceptors (Lipinski definition) is 4. The first-order chi connectivity index (χ1) is 14.6. The molecule has 1 aliphatic rings. The number of aliphatic hydroxyl groups excluding tert-OH is 1. The molecule has 0 spiro atoms. The highest BCUT2D eigenvalue weighted by molar-refractivity contribution is 5.97. The van der Waals surface area contributed by atoms with Gasteiger partial charge in [-0.25, -0.2) is 9.37 Å². The Morgan fingerprint density at radius 3 is 2.45 bits per heavy atom. The average Bonchev–Trinajstić information content (AvgIpc) is 3.13. The molecule has 31 heavy (non-hydrogen) atoms. The van der Waals surface area contributed by atoms with E-state index in [9.17, 15) is 22.4 Å². The summed E-state index contributed by atoms with van der Waals surface area (Å²) >= 11 is 0. The van der Waals surface area contributed by atoms with Crippen molar-refractivity contribution >= 4 is 11.7 Å². The van der Waals surface area contributed by atoms with Crippen LogP contribution in [0.5, 0.6) is 0 Å². The topological polar surface area (TPSA) is 104 Å². The molecule has 162 valence electrons. The number of carbonyl (C=O) groups is 1. The van der Waals surface area contributed by atoms with E-state index in [4.69, 9.17) is 10.8 Å². The molecule has 0 unspecified atom stereocenters. The number of halogens is 4. The minimum Gasteiger partial charge on any atom is -0.505 e. The van der Waals surface area contributed by atoms with Crippen LogP contribution in [0.25, 0.3) is 22.5 Å². The number of rotatable bonds is 2. The maximum absolute atomic E-state index is 14.0. The van der Waals surface area contributed by atoms with Crippen LogP contribution in [0.15, 0.2) is 54.8 Å². The molecule has 3 aromatic rings. The lowest BCUT2D eigenvalue weighted by Crippen LogP contribution is -2.31. The Balaban J connectivity index is 0.000000339. The van der Waals surface area contributed by atoms with Crippen molar-refractivity contribution in [1.82, 2.24) is 15.3 Å². The summed E-state index contributed by atoms with van der Waals surface area (Å²) in [6, 6.07) is 11.7. The summed E-state index contributed by atoms with van der Waals surface area (Å²) < 4.78 is 46.5. The number of alkyl halides is 3. The number of fused-ring (bicyclic) bond motifs is 1. The number of H-pyrrole nitrogens is 1. The first-order valence-electron chi connectivity index (χ1n) is 9.04. The molecule has 0 saturated carbocycles. The summed E-state index contributed by atoms with van der Waals surface area (Å²) in [5, 5.41) is 10.4. The van der Waals surface area contributed by atoms with Crippen molar-refractivity contribution in [1.29, 1.82) is 0 Å². The fraction of sp³-hybridized carbons (Fsp3) is 0.143. The van der Waals surface area contributed by atoms with E-state index in [1.165, 1.54) is 6.07 Å². The van der Waals surface area contributed by atoms with Crippen LogP contribution in [0.1, 0.15) is 16.1 Å². The van der Waals surface area contributed by atoms with Gasteiger partial charge in [-0.3, -0.25) is 4.79 Å². The number of nitrogens with two attached hydrogens (primary N) is 1. The standard InChI is InChI=1S/C18H15FN4O.C3H3F3O/c19-13-4-2-1-3-11(13)16-7-10(8-17(20)23-16)15-9-12-14(22-15)5-6-21-18(12)24;1-2(7)3(4,5)6/h1-4,7-9,22H,5-6H2,(H2,20,23)(H,21,24);7H,1H2. The third-order valence-corrected chi connectivity index (χ3v) is 4.44. The number of anilines is 1. The Morgan fingerprint density at radius 1 is 1.16 bits per heavy atom. The van der Waals surface area contributed by atoms with Gasteiger partial charge in [-0.1, -0.05) is 18.7 Å². The summed E-state index contributed by atoms with van der Waals surface area (Å²) in [7, 11) is 0. The number of nitrogens with one attached hydrogen (secondary N) is 2. The van der Waals surface area contributed by atoms with Crippen LogP contribution >= 0.6 is 0 Å². The molecule has 0 atom stereocenters. The van der Waals surface area contributed by atoms with Crippen molar-refractivity contribution in [3.05, 3.63) is 71.9 Å². The second-order valence-corrected chi connectivity index (χ2v) is 6.67. The Kier molecular flexibility index (Phi) is 6.00. The molecule has 0 bridgehead atoms. The number of hydrogen-bond donors (Lipinski definition) is 4. The van der Waals surface area contributed by atoms with E-state index in [2.05, 4.69) is 21.9 Å². The van der Waals surface area contributed by atoms with Crippen molar-refractivity contribution in [2.45, 2.75) is 12.6 Å². The fourth-order valence-corrected chi connectivity index (χ4v) is 2.96. The average molecular weight is 434 g/mol. The van der Waals surface area contributed by atoms with Crippen LogP contribution in [-0.2, 0) is 6.42 Å². The van der Waals surface area contributed by atoms with E-state index in [0.29, 0.717) is 29.2 Å². The molecule has 10 heteroatoms. The number of nitrogens with zero attached hydrogens (tertiary/aromatic N) is 1. The molecular formula is C21H18F4N4O2. The summed E-state index contributed by atoms with van der Waals surface area (Å²) in [5.41, 5.74) is 9.83. The van der Waals surface area contributed by atoms with E-state index >= 15 is 0 Å². The predicted molar refractivity (Wildman–Crippen MR) is 108 cm³/mol. The van der Waals surface area contributed by atoms with E-state index in [1.54, 1.807) is 36.4 Å². The van der Waals surface area contributed by atoms with Gasteiger partial charge < -0.3 is 21.1 Å². The number of pyridine rings is 1. The lowest BCUT2D eigenvalue weighted by Gasteiger charge is -2.11. The molecule has 1 aliphatic heterocycles. The molecule has 0 radical (unpaired) electrons. The SMILES string of the molecule is C=C(O)C(F)(F)F.Nc1cc(-c2cc3c([nH]2)CCNC3=O)cc(-c2ccccc2F)n1. The summed E-state index contributed by atoms with van der Waals surface area (Å²) in [4.78, 5) is 19.4. The molecule has 0 saturated heterocycles. The molecule has 3 heterocycles. The van der Waals surface area contributed by atoms with Gasteiger partial charge in [0.2, 0.25) is 0 Å². The number of aromatic amines is 1. The monoisotopic (exact) mass is 434 g/mol. The first-order valence-corrected chi connectivity index (χ1v) is 9.04. The van der Waals surface area contributed by atoms with Crippen molar-refractivity contribution in [2.24, 2.45) is 0 Å². The van der Waals surface area contributed by atoms with Crippen LogP contribution in [0.4, 0.5) is 23.4 Å². The van der Waals surface area contributed by atoms with Crippen molar-refractivity contribution in [3.8, 4) is 22.5 Å². The Hall–Kier alpha value is -3.82. The van der Waals surface area contributed by atoms with Crippen LogP contribution in [0, 0.1) is 5.82 Å². The zero-order valence-corrected chi connectivity index (χ0v) is 16.1. The molecule has 0 aliphatic carbocycles. The molecular weight excluding hydrogens is 416 g/mol. The highest BCUT2D eigenvalue weighted by Crippen LogP contribution is 2.29. The van der Waals surface area contributed by atoms with Crippen molar-refractivity contribution in [2.75, 3.05) is 12.3 Å². The van der Waals surface area contributed by atoms with Gasteiger partial charge in [0, 0.05) is 35.5 Å². The molecule has 1 aromatic carbocycles. The number of aromatic nitrogens is 2. The zero-order chi connectivity index (χ0) is 22.8. The van der Waals surface area contributed by atoms with Crippen LogP contribution in [0.3, 0.4) is 0 Å². The summed E-state index contributed by atoms with van der Waals surface area (Å²) in [5.74, 6) is -1.91. The van der Waals surface area contributed by atoms with E-state index < -0.39 is 11.9 Å². The molecule has 6 nitrogen and oxygen atoms in total. The third-order valence-electron chi connectivity index (χ3n) is 4.44. The first kappa shape index (κ1) is 21.9. The number of allylic oxidation sites excluding steroid dienone is 1. The lowest BCUT2D eigenvalue weighted by molar-refractivity contribution is -0.119. The summed E-state index contributed by atoms with van der Waals surface area (Å²) in [6.45, 7) is 2.87. The van der Waals surface area contributed by atoms with E-state index in [0.717, 1.165) is 23.4 Å². The van der Waals surface area contributed by atoms with Gasteiger partial charge in [-0.05, 0) is 30.3 Å². The van der Waals surface area contributed by atoms with Gasteiger partial charge in [0.05, 0.1) is 11.3 Å². The highest BCUT2D eigenvalue weighted by Gasteiger charge is 2.31. The number of nitrogen functional groups attached to an aromatic ring is 1. The third kappa shape index (κ3) is 5.03. The lowest BCUT2D eigenvalue weighted by atomic mass is 10.1. The van der Waals surface area contributed by atoms with Gasteiger partial charge >= 0.3 is 6.18 Å². The maximum atomic E-state index is 14.0. The van der Waals surface area contributed by atoms with E-state index in [1.807, 2.05) is 0 Å². The predicted octanol–water partition coefficient (Wildman–Crippen LogP) is 4.37. The normalized spacial score (nSPS) is 13.0. The van der Waals surface area contributed by atoms with Gasteiger partial charge in [-0.15, -0.1) is 0 Å². The minimum absolute atomic E-state index is 0.0879. The maximum Gasteiger partial charge on any atom is 0.448 e. The highest BCUT2D eigenvalue weighted by atomic mass is 19.4. The van der Waals surface area contributed by atoms with Gasteiger partial charge in [0.15, 0.2) is 5.76 Å². The number of benzene rings is 1. The number of amides is 1.